The molecule has 0 radical (unpaired) electrons. The lowest BCUT2D eigenvalue weighted by Gasteiger charge is -2.01. The van der Waals surface area contributed by atoms with Crippen molar-refractivity contribution in [3.05, 3.63) is 90.0 Å². The van der Waals surface area contributed by atoms with E-state index < -0.39 is 12.1 Å². The molecule has 0 saturated carbocycles. The minimum atomic E-state index is -2.52. The third kappa shape index (κ3) is 5.61. The summed E-state index contributed by atoms with van der Waals surface area (Å²) in [5.41, 5.74) is 1.56. The van der Waals surface area contributed by atoms with Gasteiger partial charge in [-0.25, -0.2) is 0 Å². The first-order chi connectivity index (χ1) is 11.5. The number of allylic oxidation sites excluding steroid dienone is 2. The summed E-state index contributed by atoms with van der Waals surface area (Å²) in [6.07, 6.45) is 3.55. The molecule has 0 aliphatic rings. The van der Waals surface area contributed by atoms with Gasteiger partial charge in [0.25, 0.3) is 0 Å². The van der Waals surface area contributed by atoms with Crippen LogP contribution in [-0.2, 0) is 4.79 Å². The van der Waals surface area contributed by atoms with Gasteiger partial charge in [0.15, 0.2) is 5.78 Å². The average Bonchev–Trinajstić information content (AvgIpc) is 2.60. The second-order valence-electron chi connectivity index (χ2n) is 4.68. The predicted molar refractivity (Wildman–Crippen MR) is 86.9 cm³/mol. The summed E-state index contributed by atoms with van der Waals surface area (Å²) in [4.78, 5) is 11.7. The number of benzene rings is 2. The van der Waals surface area contributed by atoms with Crippen LogP contribution in [0, 0.1) is 0 Å². The van der Waals surface area contributed by atoms with Crippen LogP contribution in [0.3, 0.4) is 0 Å². The van der Waals surface area contributed by atoms with Crippen LogP contribution >= 0.6 is 0 Å². The monoisotopic (exact) mass is 330 g/mol. The Kier molecular flexibility index (Phi) is 6.14. The standard InChI is InChI=1S/C19H13F3O2/c20-18(21)19(22)24-17-12-8-15(9-13-17)7-11-16(23)10-6-14-4-2-1-3-5-14/h1-13H/b10-6+,11-7+. The molecule has 122 valence electrons. The maximum atomic E-state index is 12.6. The molecule has 0 atom stereocenters. The fourth-order valence-corrected chi connectivity index (χ4v) is 1.77. The molecule has 24 heavy (non-hydrogen) atoms. The van der Waals surface area contributed by atoms with Gasteiger partial charge in [-0.1, -0.05) is 54.6 Å². The highest BCUT2D eigenvalue weighted by atomic mass is 19.3. The zero-order valence-corrected chi connectivity index (χ0v) is 12.5. The molecule has 0 spiro atoms. The Morgan fingerprint density at radius 2 is 1.33 bits per heavy atom. The van der Waals surface area contributed by atoms with E-state index in [9.17, 15) is 18.0 Å². The smallest absolute Gasteiger partial charge is 0.344 e. The second kappa shape index (κ2) is 8.53. The summed E-state index contributed by atoms with van der Waals surface area (Å²) in [6, 6.07) is 13.1. The van der Waals surface area contributed by atoms with Gasteiger partial charge >= 0.3 is 12.1 Å². The Balaban J connectivity index is 1.95. The minimum absolute atomic E-state index is 0.0623. The fourth-order valence-electron chi connectivity index (χ4n) is 1.77. The van der Waals surface area contributed by atoms with E-state index in [0.717, 1.165) is 5.56 Å². The normalized spacial score (nSPS) is 11.0. The number of halogens is 3. The number of carbonyl (C=O) groups is 1. The van der Waals surface area contributed by atoms with Gasteiger partial charge in [-0.3, -0.25) is 4.79 Å². The van der Waals surface area contributed by atoms with Crippen LogP contribution in [0.15, 0.2) is 78.8 Å². The topological polar surface area (TPSA) is 26.3 Å². The molecule has 0 fully saturated rings. The molecular formula is C19H13F3O2. The van der Waals surface area contributed by atoms with Crippen molar-refractivity contribution in [3.63, 3.8) is 0 Å². The summed E-state index contributed by atoms with van der Waals surface area (Å²) in [7, 11) is 0. The molecule has 5 heteroatoms. The Morgan fingerprint density at radius 3 is 1.88 bits per heavy atom. The third-order valence-electron chi connectivity index (χ3n) is 2.92. The molecule has 0 saturated heterocycles. The van der Waals surface area contributed by atoms with Gasteiger partial charge in [0.05, 0.1) is 0 Å². The van der Waals surface area contributed by atoms with E-state index in [1.54, 1.807) is 12.2 Å². The van der Waals surface area contributed by atoms with Crippen LogP contribution in [-0.4, -0.2) is 5.78 Å². The third-order valence-corrected chi connectivity index (χ3v) is 2.92. The summed E-state index contributed by atoms with van der Waals surface area (Å²) in [5, 5.41) is 0. The van der Waals surface area contributed by atoms with Gasteiger partial charge in [-0.2, -0.15) is 13.2 Å². The van der Waals surface area contributed by atoms with E-state index in [0.29, 0.717) is 5.56 Å². The number of ether oxygens (including phenoxy) is 1. The van der Waals surface area contributed by atoms with Crippen molar-refractivity contribution in [3.8, 4) is 5.75 Å². The van der Waals surface area contributed by atoms with Crippen LogP contribution < -0.4 is 4.74 Å². The lowest BCUT2D eigenvalue weighted by Crippen LogP contribution is -1.90. The first-order valence-electron chi connectivity index (χ1n) is 6.98. The van der Waals surface area contributed by atoms with Crippen molar-refractivity contribution in [1.29, 1.82) is 0 Å². The maximum absolute atomic E-state index is 12.6. The number of hydrogen-bond donors (Lipinski definition) is 0. The van der Waals surface area contributed by atoms with E-state index in [-0.39, 0.29) is 11.5 Å². The molecule has 0 aromatic heterocycles. The first-order valence-corrected chi connectivity index (χ1v) is 6.98. The van der Waals surface area contributed by atoms with Crippen LogP contribution in [0.25, 0.3) is 12.2 Å². The molecule has 0 aliphatic carbocycles. The van der Waals surface area contributed by atoms with E-state index in [2.05, 4.69) is 4.74 Å². The molecule has 0 amide bonds. The average molecular weight is 330 g/mol. The molecule has 2 rings (SSSR count). The highest BCUT2D eigenvalue weighted by molar-refractivity contribution is 6.04. The number of carbonyl (C=O) groups excluding carboxylic acids is 1. The van der Waals surface area contributed by atoms with Gasteiger partial charge < -0.3 is 4.74 Å². The number of hydrogen-bond acceptors (Lipinski definition) is 2. The van der Waals surface area contributed by atoms with Crippen LogP contribution in [0.5, 0.6) is 5.75 Å². The Bertz CT molecular complexity index is 772. The maximum Gasteiger partial charge on any atom is 0.344 e. The fraction of sp³-hybridized carbons (Fsp3) is 0. The Morgan fingerprint density at radius 1 is 0.792 bits per heavy atom. The Hall–Kier alpha value is -3.08. The summed E-state index contributed by atoms with van der Waals surface area (Å²) < 4.78 is 40.8. The molecule has 0 bridgehead atoms. The van der Waals surface area contributed by atoms with E-state index >= 15 is 0 Å². The molecule has 0 unspecified atom stereocenters. The number of ketones is 1. The SMILES string of the molecule is O=C(/C=C/c1ccccc1)/C=C/c1ccc(OC(F)=C(F)F)cc1. The van der Waals surface area contributed by atoms with Crippen LogP contribution in [0.1, 0.15) is 11.1 Å². The highest BCUT2D eigenvalue weighted by Gasteiger charge is 2.07. The molecule has 2 nitrogen and oxygen atoms in total. The van der Waals surface area contributed by atoms with Crippen molar-refractivity contribution in [2.75, 3.05) is 0 Å². The van der Waals surface area contributed by atoms with Gasteiger partial charge in [0.1, 0.15) is 5.75 Å². The molecule has 0 N–H and O–H groups in total. The molecular weight excluding hydrogens is 317 g/mol. The van der Waals surface area contributed by atoms with Crippen molar-refractivity contribution in [1.82, 2.24) is 0 Å². The van der Waals surface area contributed by atoms with Gasteiger partial charge in [0, 0.05) is 0 Å². The quantitative estimate of drug-likeness (QED) is 0.524. The van der Waals surface area contributed by atoms with Crippen molar-refractivity contribution in [2.24, 2.45) is 0 Å². The Labute approximate surface area is 137 Å². The minimum Gasteiger partial charge on any atom is -0.428 e. The van der Waals surface area contributed by atoms with E-state index in [4.69, 9.17) is 0 Å². The van der Waals surface area contributed by atoms with Crippen molar-refractivity contribution in [2.45, 2.75) is 0 Å². The molecule has 2 aromatic carbocycles. The summed E-state index contributed by atoms with van der Waals surface area (Å²) in [6.45, 7) is 0. The summed E-state index contributed by atoms with van der Waals surface area (Å²) >= 11 is 0. The van der Waals surface area contributed by atoms with E-state index in [1.807, 2.05) is 30.3 Å². The van der Waals surface area contributed by atoms with Gasteiger partial charge in [-0.15, -0.1) is 0 Å². The summed E-state index contributed by atoms with van der Waals surface area (Å²) in [5.74, 6) is -0.264. The van der Waals surface area contributed by atoms with Crippen molar-refractivity contribution >= 4 is 17.9 Å². The highest BCUT2D eigenvalue weighted by Crippen LogP contribution is 2.19. The second-order valence-corrected chi connectivity index (χ2v) is 4.68. The first kappa shape index (κ1) is 17.3. The van der Waals surface area contributed by atoms with Crippen molar-refractivity contribution < 1.29 is 22.7 Å². The largest absolute Gasteiger partial charge is 0.428 e. The van der Waals surface area contributed by atoms with Crippen LogP contribution in [0.2, 0.25) is 0 Å². The lowest BCUT2D eigenvalue weighted by atomic mass is 10.1. The zero-order valence-electron chi connectivity index (χ0n) is 12.5. The predicted octanol–water partition coefficient (Wildman–Crippen LogP) is 5.40. The lowest BCUT2D eigenvalue weighted by molar-refractivity contribution is -0.110. The van der Waals surface area contributed by atoms with Gasteiger partial charge in [-0.05, 0) is 35.4 Å². The zero-order chi connectivity index (χ0) is 17.4. The van der Waals surface area contributed by atoms with Gasteiger partial charge in [0.2, 0.25) is 0 Å². The number of rotatable bonds is 6. The molecule has 0 aliphatic heterocycles. The van der Waals surface area contributed by atoms with E-state index in [1.165, 1.54) is 36.4 Å². The molecule has 0 heterocycles. The molecule has 2 aromatic rings. The van der Waals surface area contributed by atoms with Crippen LogP contribution in [0.4, 0.5) is 13.2 Å².